The van der Waals surface area contributed by atoms with Gasteiger partial charge in [0.2, 0.25) is 5.75 Å². The number of hydrogen-bond donors (Lipinski definition) is 0. The fourth-order valence-electron chi connectivity index (χ4n) is 1.98. The minimum atomic E-state index is -0.622. The van der Waals surface area contributed by atoms with E-state index in [0.717, 1.165) is 5.56 Å². The van der Waals surface area contributed by atoms with E-state index in [2.05, 4.69) is 0 Å². The first-order valence-electron chi connectivity index (χ1n) is 6.39. The van der Waals surface area contributed by atoms with E-state index < -0.39 is 11.3 Å². The van der Waals surface area contributed by atoms with Crippen LogP contribution in [0.25, 0.3) is 11.0 Å². The topological polar surface area (TPSA) is 69.7 Å². The average Bonchev–Trinajstić information content (AvgIpc) is 2.46. The molecule has 5 nitrogen and oxygen atoms in total. The van der Waals surface area contributed by atoms with Crippen molar-refractivity contribution in [3.8, 4) is 5.75 Å². The van der Waals surface area contributed by atoms with Crippen molar-refractivity contribution in [2.75, 3.05) is 0 Å². The quantitative estimate of drug-likeness (QED) is 0.739. The summed E-state index contributed by atoms with van der Waals surface area (Å²) in [4.78, 5) is 23.6. The molecule has 0 aliphatic heterocycles. The van der Waals surface area contributed by atoms with Crippen molar-refractivity contribution in [2.45, 2.75) is 13.5 Å². The summed E-state index contributed by atoms with van der Waals surface area (Å²) in [6.07, 6.45) is 0. The smallest absolute Gasteiger partial charge is 0.379 e. The molecule has 0 aliphatic rings. The molecular formula is C16H12O5. The summed E-state index contributed by atoms with van der Waals surface area (Å²) in [5.41, 5.74) is -0.0736. The zero-order chi connectivity index (χ0) is 14.8. The molecule has 3 aromatic rings. The fourth-order valence-corrected chi connectivity index (χ4v) is 1.98. The van der Waals surface area contributed by atoms with E-state index in [4.69, 9.17) is 13.6 Å². The first-order valence-corrected chi connectivity index (χ1v) is 6.39. The number of fused-ring (bicyclic) bond motifs is 1. The third-order valence-electron chi connectivity index (χ3n) is 2.99. The van der Waals surface area contributed by atoms with Gasteiger partial charge >= 0.3 is 11.3 Å². The predicted octanol–water partition coefficient (Wildman–Crippen LogP) is 2.63. The van der Waals surface area contributed by atoms with Crippen molar-refractivity contribution < 1.29 is 13.6 Å². The van der Waals surface area contributed by atoms with Crippen LogP contribution in [0.1, 0.15) is 11.3 Å². The van der Waals surface area contributed by atoms with Crippen LogP contribution in [-0.4, -0.2) is 0 Å². The highest BCUT2D eigenvalue weighted by molar-refractivity contribution is 5.76. The van der Waals surface area contributed by atoms with Gasteiger partial charge in [-0.1, -0.05) is 30.3 Å². The first-order chi connectivity index (χ1) is 10.1. The molecule has 0 unspecified atom stereocenters. The van der Waals surface area contributed by atoms with Gasteiger partial charge in [0, 0.05) is 12.1 Å². The van der Waals surface area contributed by atoms with Crippen molar-refractivity contribution >= 4 is 11.0 Å². The van der Waals surface area contributed by atoms with Gasteiger partial charge in [0.15, 0.2) is 0 Å². The van der Waals surface area contributed by atoms with E-state index in [1.165, 1.54) is 12.1 Å². The molecule has 5 heteroatoms. The predicted molar refractivity (Wildman–Crippen MR) is 76.5 cm³/mol. The minimum Gasteiger partial charge on any atom is -0.482 e. The van der Waals surface area contributed by atoms with Crippen LogP contribution in [-0.2, 0) is 6.61 Å². The Morgan fingerprint density at radius 2 is 1.76 bits per heavy atom. The zero-order valence-corrected chi connectivity index (χ0v) is 11.3. The van der Waals surface area contributed by atoms with Crippen LogP contribution in [0.4, 0.5) is 0 Å². The highest BCUT2D eigenvalue weighted by Crippen LogP contribution is 2.16. The van der Waals surface area contributed by atoms with Crippen LogP contribution in [0.15, 0.2) is 60.9 Å². The largest absolute Gasteiger partial charge is 0.482 e. The second-order valence-electron chi connectivity index (χ2n) is 4.59. The standard InChI is InChI=1S/C16H12O5/c1-10-7-13-12(15(17)20-10)8-14(16(18)21-13)19-9-11-5-3-2-4-6-11/h2-8H,9H2,1H3. The van der Waals surface area contributed by atoms with E-state index in [1.54, 1.807) is 6.92 Å². The Morgan fingerprint density at radius 1 is 1.00 bits per heavy atom. The van der Waals surface area contributed by atoms with Crippen LogP contribution in [0.5, 0.6) is 5.75 Å². The number of rotatable bonds is 3. The maximum Gasteiger partial charge on any atom is 0.379 e. The summed E-state index contributed by atoms with van der Waals surface area (Å²) < 4.78 is 15.5. The summed E-state index contributed by atoms with van der Waals surface area (Å²) in [6, 6.07) is 12.2. The van der Waals surface area contributed by atoms with E-state index in [9.17, 15) is 9.59 Å². The summed E-state index contributed by atoms with van der Waals surface area (Å²) in [7, 11) is 0. The molecule has 0 saturated carbocycles. The summed E-state index contributed by atoms with van der Waals surface area (Å²) >= 11 is 0. The van der Waals surface area contributed by atoms with Gasteiger partial charge in [0.25, 0.3) is 0 Å². The Bertz CT molecular complexity index is 890. The maximum atomic E-state index is 11.9. The van der Waals surface area contributed by atoms with Crippen LogP contribution < -0.4 is 16.0 Å². The van der Waals surface area contributed by atoms with E-state index >= 15 is 0 Å². The normalized spacial score (nSPS) is 10.7. The van der Waals surface area contributed by atoms with E-state index in [0.29, 0.717) is 5.76 Å². The van der Waals surface area contributed by atoms with Gasteiger partial charge in [0.05, 0.1) is 0 Å². The number of benzene rings is 1. The minimum absolute atomic E-state index is 0.0116. The summed E-state index contributed by atoms with van der Waals surface area (Å²) in [5, 5.41) is 0.184. The van der Waals surface area contributed by atoms with Crippen LogP contribution in [0, 0.1) is 6.92 Å². The van der Waals surface area contributed by atoms with Gasteiger partial charge in [-0.15, -0.1) is 0 Å². The number of aryl methyl sites for hydroxylation is 1. The Hall–Kier alpha value is -2.82. The summed E-state index contributed by atoms with van der Waals surface area (Å²) in [6.45, 7) is 1.83. The van der Waals surface area contributed by atoms with Crippen molar-refractivity contribution in [3.05, 3.63) is 74.6 Å². The molecule has 106 valence electrons. The lowest BCUT2D eigenvalue weighted by Gasteiger charge is -2.05. The van der Waals surface area contributed by atoms with Crippen molar-refractivity contribution in [3.63, 3.8) is 0 Å². The van der Waals surface area contributed by atoms with Crippen LogP contribution >= 0.6 is 0 Å². The lowest BCUT2D eigenvalue weighted by Crippen LogP contribution is -2.10. The van der Waals surface area contributed by atoms with Gasteiger partial charge < -0.3 is 13.6 Å². The molecule has 0 saturated heterocycles. The zero-order valence-electron chi connectivity index (χ0n) is 11.3. The van der Waals surface area contributed by atoms with E-state index in [1.807, 2.05) is 30.3 Å². The molecule has 0 fully saturated rings. The van der Waals surface area contributed by atoms with Crippen molar-refractivity contribution in [2.24, 2.45) is 0 Å². The molecule has 2 heterocycles. The Morgan fingerprint density at radius 3 is 2.52 bits per heavy atom. The molecule has 2 aromatic heterocycles. The van der Waals surface area contributed by atoms with E-state index in [-0.39, 0.29) is 23.3 Å². The molecule has 21 heavy (non-hydrogen) atoms. The lowest BCUT2D eigenvalue weighted by atomic mass is 10.2. The molecule has 0 N–H and O–H groups in total. The maximum absolute atomic E-state index is 11.9. The van der Waals surface area contributed by atoms with Crippen molar-refractivity contribution in [1.29, 1.82) is 0 Å². The van der Waals surface area contributed by atoms with Crippen molar-refractivity contribution in [1.82, 2.24) is 0 Å². The molecule has 0 spiro atoms. The molecule has 0 atom stereocenters. The molecular weight excluding hydrogens is 272 g/mol. The molecule has 0 amide bonds. The highest BCUT2D eigenvalue weighted by Gasteiger charge is 2.11. The summed E-state index contributed by atoms with van der Waals surface area (Å²) in [5.74, 6) is 0.371. The van der Waals surface area contributed by atoms with Gasteiger partial charge in [-0.05, 0) is 12.5 Å². The fraction of sp³-hybridized carbons (Fsp3) is 0.125. The monoisotopic (exact) mass is 284 g/mol. The van der Waals surface area contributed by atoms with Gasteiger partial charge in [0.1, 0.15) is 23.3 Å². The Balaban J connectivity index is 1.98. The third kappa shape index (κ3) is 2.72. The number of ether oxygens (including phenoxy) is 1. The lowest BCUT2D eigenvalue weighted by molar-refractivity contribution is 0.291. The number of hydrogen-bond acceptors (Lipinski definition) is 5. The molecule has 0 radical (unpaired) electrons. The van der Waals surface area contributed by atoms with Gasteiger partial charge in [-0.25, -0.2) is 9.59 Å². The Labute approximate surface area is 119 Å². The molecule has 0 aliphatic carbocycles. The average molecular weight is 284 g/mol. The van der Waals surface area contributed by atoms with Crippen LogP contribution in [0.3, 0.4) is 0 Å². The Kier molecular flexibility index (Phi) is 3.31. The van der Waals surface area contributed by atoms with Gasteiger partial charge in [-0.2, -0.15) is 0 Å². The van der Waals surface area contributed by atoms with Gasteiger partial charge in [-0.3, -0.25) is 0 Å². The molecule has 3 rings (SSSR count). The molecule has 0 bridgehead atoms. The SMILES string of the molecule is Cc1cc2oc(=O)c(OCc3ccccc3)cc2c(=O)o1. The first kappa shape index (κ1) is 13.2. The highest BCUT2D eigenvalue weighted by atomic mass is 16.5. The second-order valence-corrected chi connectivity index (χ2v) is 4.59. The molecule has 1 aromatic carbocycles. The van der Waals surface area contributed by atoms with Crippen LogP contribution in [0.2, 0.25) is 0 Å². The second kappa shape index (κ2) is 5.28. The third-order valence-corrected chi connectivity index (χ3v) is 2.99.